The normalized spacial score (nSPS) is 12.5. The number of terminal acetylenes is 1. The molecule has 2 nitrogen and oxygen atoms in total. The van der Waals surface area contributed by atoms with Gasteiger partial charge in [0.15, 0.2) is 0 Å². The molecule has 0 fully saturated rings. The molecule has 0 aromatic carbocycles. The Hall–Kier alpha value is -0.520. The van der Waals surface area contributed by atoms with E-state index < -0.39 is 0 Å². The van der Waals surface area contributed by atoms with Gasteiger partial charge in [0, 0.05) is 12.6 Å². The molecule has 0 amide bonds. The van der Waals surface area contributed by atoms with Gasteiger partial charge in [-0.15, -0.1) is 6.42 Å². The van der Waals surface area contributed by atoms with Gasteiger partial charge in [0.2, 0.25) is 0 Å². The van der Waals surface area contributed by atoms with Crippen LogP contribution in [0.15, 0.2) is 0 Å². The van der Waals surface area contributed by atoms with Gasteiger partial charge in [-0.2, -0.15) is 0 Å². The Bertz CT molecular complexity index is 104. The molecule has 1 atom stereocenters. The molecule has 0 aliphatic heterocycles. The third kappa shape index (κ3) is 5.61. The largest absolute Gasteiger partial charge is 0.313 e. The molecular formula is C8H16N2. The Kier molecular flexibility index (Phi) is 6.25. The Morgan fingerprint density at radius 2 is 2.30 bits per heavy atom. The Balaban J connectivity index is 3.06. The molecule has 10 heavy (non-hydrogen) atoms. The summed E-state index contributed by atoms with van der Waals surface area (Å²) in [6.07, 6.45) is 5.06. The first-order valence-corrected chi connectivity index (χ1v) is 3.68. The topological polar surface area (TPSA) is 24.1 Å². The first kappa shape index (κ1) is 9.48. The monoisotopic (exact) mass is 140 g/mol. The Morgan fingerprint density at radius 1 is 1.60 bits per heavy atom. The lowest BCUT2D eigenvalue weighted by Crippen LogP contribution is -2.36. The van der Waals surface area contributed by atoms with E-state index in [1.54, 1.807) is 0 Å². The molecule has 58 valence electrons. The van der Waals surface area contributed by atoms with E-state index in [2.05, 4.69) is 30.4 Å². The van der Waals surface area contributed by atoms with E-state index in [0.717, 1.165) is 13.1 Å². The summed E-state index contributed by atoms with van der Waals surface area (Å²) >= 11 is 0. The fourth-order valence-corrected chi connectivity index (χ4v) is 0.781. The number of nitrogens with one attached hydrogen (secondary N) is 2. The van der Waals surface area contributed by atoms with Crippen molar-refractivity contribution in [1.29, 1.82) is 0 Å². The van der Waals surface area contributed by atoms with Crippen LogP contribution in [0, 0.1) is 12.3 Å². The molecule has 0 saturated heterocycles. The highest BCUT2D eigenvalue weighted by Crippen LogP contribution is 1.75. The van der Waals surface area contributed by atoms with Crippen molar-refractivity contribution < 1.29 is 0 Å². The summed E-state index contributed by atoms with van der Waals surface area (Å²) in [5.74, 6) is 2.53. The maximum Gasteiger partial charge on any atom is 0.0574 e. The highest BCUT2D eigenvalue weighted by atomic mass is 15.0. The lowest BCUT2D eigenvalue weighted by molar-refractivity contribution is 0.531. The van der Waals surface area contributed by atoms with Gasteiger partial charge in [-0.1, -0.05) is 12.8 Å². The van der Waals surface area contributed by atoms with Gasteiger partial charge in [-0.05, 0) is 13.5 Å². The first-order chi connectivity index (χ1) is 4.81. The van der Waals surface area contributed by atoms with E-state index in [9.17, 15) is 0 Å². The second-order valence-corrected chi connectivity index (χ2v) is 2.29. The predicted octanol–water partition coefficient (Wildman–Crippen LogP) is 0.207. The highest BCUT2D eigenvalue weighted by Gasteiger charge is 1.95. The van der Waals surface area contributed by atoms with E-state index in [-0.39, 0.29) is 0 Å². The summed E-state index contributed by atoms with van der Waals surface area (Å²) in [4.78, 5) is 0. The molecule has 0 rings (SSSR count). The van der Waals surface area contributed by atoms with E-state index >= 15 is 0 Å². The first-order valence-electron chi connectivity index (χ1n) is 3.68. The molecule has 0 bridgehead atoms. The standard InChI is InChI=1S/C8H16N2/c1-4-6-9-7-8(3)10-5-2/h1,8-10H,5-7H2,2-3H3. The van der Waals surface area contributed by atoms with Gasteiger partial charge in [-0.3, -0.25) is 0 Å². The highest BCUT2D eigenvalue weighted by molar-refractivity contribution is 4.86. The lowest BCUT2D eigenvalue weighted by Gasteiger charge is -2.11. The fourth-order valence-electron chi connectivity index (χ4n) is 0.781. The minimum Gasteiger partial charge on any atom is -0.313 e. The van der Waals surface area contributed by atoms with Crippen molar-refractivity contribution >= 4 is 0 Å². The van der Waals surface area contributed by atoms with Crippen molar-refractivity contribution in [3.8, 4) is 12.3 Å². The summed E-state index contributed by atoms with van der Waals surface area (Å²) in [6, 6.07) is 0.512. The fraction of sp³-hybridized carbons (Fsp3) is 0.750. The zero-order chi connectivity index (χ0) is 7.82. The molecule has 0 saturated carbocycles. The zero-order valence-electron chi connectivity index (χ0n) is 6.78. The van der Waals surface area contributed by atoms with Gasteiger partial charge in [0.1, 0.15) is 0 Å². The van der Waals surface area contributed by atoms with Crippen LogP contribution in [0.4, 0.5) is 0 Å². The van der Waals surface area contributed by atoms with Crippen molar-refractivity contribution in [1.82, 2.24) is 10.6 Å². The van der Waals surface area contributed by atoms with E-state index in [1.807, 2.05) is 0 Å². The van der Waals surface area contributed by atoms with Crippen molar-refractivity contribution in [2.45, 2.75) is 19.9 Å². The van der Waals surface area contributed by atoms with Crippen LogP contribution in [0.1, 0.15) is 13.8 Å². The molecular weight excluding hydrogens is 124 g/mol. The van der Waals surface area contributed by atoms with Crippen molar-refractivity contribution in [2.75, 3.05) is 19.6 Å². The molecule has 0 aliphatic rings. The number of hydrogen-bond donors (Lipinski definition) is 2. The smallest absolute Gasteiger partial charge is 0.0574 e. The van der Waals surface area contributed by atoms with Crippen LogP contribution in [-0.4, -0.2) is 25.7 Å². The molecule has 0 spiro atoms. The van der Waals surface area contributed by atoms with Gasteiger partial charge in [0.05, 0.1) is 6.54 Å². The summed E-state index contributed by atoms with van der Waals surface area (Å²) in [6.45, 7) is 6.84. The van der Waals surface area contributed by atoms with E-state index in [1.165, 1.54) is 0 Å². The van der Waals surface area contributed by atoms with Crippen LogP contribution in [0.3, 0.4) is 0 Å². The van der Waals surface area contributed by atoms with Crippen LogP contribution in [-0.2, 0) is 0 Å². The average molecular weight is 140 g/mol. The third-order valence-electron chi connectivity index (χ3n) is 1.23. The minimum atomic E-state index is 0.512. The van der Waals surface area contributed by atoms with Gasteiger partial charge < -0.3 is 10.6 Å². The Morgan fingerprint density at radius 3 is 2.80 bits per heavy atom. The molecule has 0 aromatic heterocycles. The van der Waals surface area contributed by atoms with E-state index in [4.69, 9.17) is 6.42 Å². The quantitative estimate of drug-likeness (QED) is 0.421. The minimum absolute atomic E-state index is 0.512. The van der Waals surface area contributed by atoms with Crippen molar-refractivity contribution in [3.63, 3.8) is 0 Å². The van der Waals surface area contributed by atoms with Crippen LogP contribution in [0.2, 0.25) is 0 Å². The molecule has 0 aliphatic carbocycles. The van der Waals surface area contributed by atoms with Gasteiger partial charge in [0.25, 0.3) is 0 Å². The van der Waals surface area contributed by atoms with Crippen LogP contribution in [0.5, 0.6) is 0 Å². The summed E-state index contributed by atoms with van der Waals surface area (Å²) < 4.78 is 0. The molecule has 0 radical (unpaired) electrons. The predicted molar refractivity (Wildman–Crippen MR) is 44.8 cm³/mol. The lowest BCUT2D eigenvalue weighted by atomic mass is 10.3. The summed E-state index contributed by atoms with van der Waals surface area (Å²) in [5.41, 5.74) is 0. The SMILES string of the molecule is C#CCNCC(C)NCC. The Labute approximate surface area is 63.4 Å². The average Bonchev–Trinajstić information content (AvgIpc) is 1.89. The third-order valence-corrected chi connectivity index (χ3v) is 1.23. The maximum absolute atomic E-state index is 5.06. The molecule has 2 N–H and O–H groups in total. The second kappa shape index (κ2) is 6.60. The number of rotatable bonds is 5. The molecule has 0 aromatic rings. The zero-order valence-corrected chi connectivity index (χ0v) is 6.78. The van der Waals surface area contributed by atoms with Gasteiger partial charge >= 0.3 is 0 Å². The van der Waals surface area contributed by atoms with Crippen LogP contribution < -0.4 is 10.6 Å². The van der Waals surface area contributed by atoms with Crippen LogP contribution in [0.25, 0.3) is 0 Å². The summed E-state index contributed by atoms with van der Waals surface area (Å²) in [5, 5.41) is 6.39. The van der Waals surface area contributed by atoms with Crippen molar-refractivity contribution in [2.24, 2.45) is 0 Å². The number of likely N-dealkylation sites (N-methyl/N-ethyl adjacent to an activating group) is 1. The molecule has 2 heteroatoms. The van der Waals surface area contributed by atoms with Crippen molar-refractivity contribution in [3.05, 3.63) is 0 Å². The molecule has 0 heterocycles. The maximum atomic E-state index is 5.06. The molecule has 1 unspecified atom stereocenters. The van der Waals surface area contributed by atoms with E-state index in [0.29, 0.717) is 12.6 Å². The second-order valence-electron chi connectivity index (χ2n) is 2.29. The summed E-state index contributed by atoms with van der Waals surface area (Å²) in [7, 11) is 0. The van der Waals surface area contributed by atoms with Crippen LogP contribution >= 0.6 is 0 Å². The van der Waals surface area contributed by atoms with Gasteiger partial charge in [-0.25, -0.2) is 0 Å². The number of hydrogen-bond acceptors (Lipinski definition) is 2.